The fourth-order valence-electron chi connectivity index (χ4n) is 3.08. The molecule has 1 aliphatic heterocycles. The highest BCUT2D eigenvalue weighted by atomic mass is 32.2. The van der Waals surface area contributed by atoms with Crippen LogP contribution in [0.4, 0.5) is 5.13 Å². The van der Waals surface area contributed by atoms with Crippen molar-refractivity contribution in [3.63, 3.8) is 0 Å². The molecule has 0 aliphatic carbocycles. The van der Waals surface area contributed by atoms with Gasteiger partial charge in [-0.25, -0.2) is 13.4 Å². The molecule has 1 aliphatic rings. The van der Waals surface area contributed by atoms with Crippen LogP contribution in [0.5, 0.6) is 5.75 Å². The lowest BCUT2D eigenvalue weighted by Gasteiger charge is -2.26. The Hall–Kier alpha value is -2.86. The van der Waals surface area contributed by atoms with E-state index in [0.29, 0.717) is 29.7 Å². The van der Waals surface area contributed by atoms with Gasteiger partial charge in [0.05, 0.1) is 26.0 Å². The largest absolute Gasteiger partial charge is 0.495 e. The Balaban J connectivity index is 1.58. The van der Waals surface area contributed by atoms with Crippen molar-refractivity contribution in [2.24, 2.45) is 0 Å². The molecule has 1 saturated heterocycles. The van der Waals surface area contributed by atoms with Gasteiger partial charge in [0.15, 0.2) is 5.13 Å². The fourth-order valence-corrected chi connectivity index (χ4v) is 5.37. The minimum atomic E-state index is -3.84. The number of thiazole rings is 1. The molecule has 0 spiro atoms. The molecule has 3 heterocycles. The van der Waals surface area contributed by atoms with Crippen LogP contribution in [0, 0.1) is 0 Å². The zero-order valence-corrected chi connectivity index (χ0v) is 18.3. The molecule has 9 nitrogen and oxygen atoms in total. The molecule has 31 heavy (non-hydrogen) atoms. The van der Waals surface area contributed by atoms with E-state index < -0.39 is 15.9 Å². The third-order valence-electron chi connectivity index (χ3n) is 4.67. The topological polar surface area (TPSA) is 111 Å². The number of ether oxygens (including phenoxy) is 2. The van der Waals surface area contributed by atoms with Gasteiger partial charge in [-0.3, -0.25) is 15.1 Å². The van der Waals surface area contributed by atoms with E-state index in [9.17, 15) is 13.2 Å². The molecule has 1 aromatic carbocycles. The predicted molar refractivity (Wildman–Crippen MR) is 116 cm³/mol. The van der Waals surface area contributed by atoms with Crippen LogP contribution in [0.1, 0.15) is 10.4 Å². The molecule has 4 rings (SSSR count). The first kappa shape index (κ1) is 21.4. The molecule has 0 radical (unpaired) electrons. The minimum absolute atomic E-state index is 0.0575. The van der Waals surface area contributed by atoms with Gasteiger partial charge in [-0.2, -0.15) is 4.31 Å². The summed E-state index contributed by atoms with van der Waals surface area (Å²) in [6.07, 6.45) is 1.67. The fraction of sp³-hybridized carbons (Fsp3) is 0.250. The number of hydrogen-bond acceptors (Lipinski definition) is 8. The van der Waals surface area contributed by atoms with Crippen LogP contribution in [0.3, 0.4) is 0 Å². The monoisotopic (exact) mass is 460 g/mol. The highest BCUT2D eigenvalue weighted by Crippen LogP contribution is 2.29. The summed E-state index contributed by atoms with van der Waals surface area (Å²) < 4.78 is 38.0. The van der Waals surface area contributed by atoms with Crippen LogP contribution in [0.15, 0.2) is 52.9 Å². The number of carbonyl (C=O) groups is 1. The maximum atomic E-state index is 13.1. The van der Waals surface area contributed by atoms with Crippen molar-refractivity contribution in [1.82, 2.24) is 14.3 Å². The maximum absolute atomic E-state index is 13.1. The van der Waals surface area contributed by atoms with Crippen molar-refractivity contribution >= 4 is 32.4 Å². The van der Waals surface area contributed by atoms with E-state index in [1.807, 2.05) is 18.2 Å². The molecule has 0 saturated carbocycles. The van der Waals surface area contributed by atoms with Crippen molar-refractivity contribution in [2.45, 2.75) is 4.90 Å². The molecule has 1 N–H and O–H groups in total. The first-order chi connectivity index (χ1) is 15.0. The summed E-state index contributed by atoms with van der Waals surface area (Å²) in [5.74, 6) is -0.294. The number of aromatic nitrogens is 2. The molecule has 1 amide bonds. The van der Waals surface area contributed by atoms with E-state index in [4.69, 9.17) is 9.47 Å². The van der Waals surface area contributed by atoms with Gasteiger partial charge in [0.25, 0.3) is 5.91 Å². The Morgan fingerprint density at radius 2 is 2.00 bits per heavy atom. The molecular weight excluding hydrogens is 440 g/mol. The normalized spacial score (nSPS) is 14.9. The number of hydrogen-bond donors (Lipinski definition) is 1. The zero-order chi connectivity index (χ0) is 21.8. The number of nitrogens with zero attached hydrogens (tertiary/aromatic N) is 3. The molecule has 162 valence electrons. The average molecular weight is 461 g/mol. The number of carbonyl (C=O) groups excluding carboxylic acids is 1. The van der Waals surface area contributed by atoms with Crippen LogP contribution < -0.4 is 10.1 Å². The molecule has 0 bridgehead atoms. The van der Waals surface area contributed by atoms with E-state index in [1.54, 1.807) is 11.6 Å². The van der Waals surface area contributed by atoms with E-state index >= 15 is 0 Å². The van der Waals surface area contributed by atoms with E-state index in [0.717, 1.165) is 0 Å². The number of rotatable bonds is 6. The standard InChI is InChI=1S/C20H20N4O5S2/c1-28-17-6-5-14(12-18(17)31(26,27)24-8-10-29-11-9-24)19(25)23-20-22-16(13-30-20)15-4-2-3-7-21-15/h2-7,12-13H,8-11H2,1H3,(H,22,23,25). The number of sulfonamides is 1. The summed E-state index contributed by atoms with van der Waals surface area (Å²) in [4.78, 5) is 21.4. The van der Waals surface area contributed by atoms with Gasteiger partial charge < -0.3 is 9.47 Å². The van der Waals surface area contributed by atoms with E-state index in [2.05, 4.69) is 15.3 Å². The summed E-state index contributed by atoms with van der Waals surface area (Å²) in [6.45, 7) is 1.14. The summed E-state index contributed by atoms with van der Waals surface area (Å²) in [6, 6.07) is 9.81. The number of pyridine rings is 1. The van der Waals surface area contributed by atoms with Crippen molar-refractivity contribution in [2.75, 3.05) is 38.7 Å². The van der Waals surface area contributed by atoms with Crippen LogP contribution in [0.2, 0.25) is 0 Å². The van der Waals surface area contributed by atoms with Crippen molar-refractivity contribution in [3.8, 4) is 17.1 Å². The molecule has 0 unspecified atom stereocenters. The van der Waals surface area contributed by atoms with Gasteiger partial charge >= 0.3 is 0 Å². The van der Waals surface area contributed by atoms with Crippen LogP contribution in [0.25, 0.3) is 11.4 Å². The van der Waals surface area contributed by atoms with Gasteiger partial charge in [0, 0.05) is 30.2 Å². The van der Waals surface area contributed by atoms with Crippen LogP contribution in [-0.2, 0) is 14.8 Å². The summed E-state index contributed by atoms with van der Waals surface area (Å²) >= 11 is 1.26. The summed E-state index contributed by atoms with van der Waals surface area (Å²) in [5, 5.41) is 4.90. The zero-order valence-electron chi connectivity index (χ0n) is 16.6. The third-order valence-corrected chi connectivity index (χ3v) is 7.34. The van der Waals surface area contributed by atoms with Gasteiger partial charge in [0.1, 0.15) is 16.3 Å². The number of amides is 1. The number of nitrogens with one attached hydrogen (secondary N) is 1. The minimum Gasteiger partial charge on any atom is -0.495 e. The highest BCUT2D eigenvalue weighted by Gasteiger charge is 2.30. The van der Waals surface area contributed by atoms with Crippen LogP contribution in [-0.4, -0.2) is 62.0 Å². The predicted octanol–water partition coefficient (Wildman–Crippen LogP) is 2.49. The Bertz CT molecular complexity index is 1180. The molecule has 3 aromatic rings. The lowest BCUT2D eigenvalue weighted by molar-refractivity contribution is 0.0729. The highest BCUT2D eigenvalue weighted by molar-refractivity contribution is 7.89. The Morgan fingerprint density at radius 1 is 1.19 bits per heavy atom. The molecule has 0 atom stereocenters. The smallest absolute Gasteiger partial charge is 0.257 e. The second-order valence-corrected chi connectivity index (χ2v) is 9.35. The van der Waals surface area contributed by atoms with Gasteiger partial charge in [0.2, 0.25) is 10.0 Å². The Labute approximate surface area is 183 Å². The van der Waals surface area contributed by atoms with Gasteiger partial charge in [-0.15, -0.1) is 11.3 Å². The van der Waals surface area contributed by atoms with E-state index in [-0.39, 0.29) is 29.3 Å². The van der Waals surface area contributed by atoms with Crippen molar-refractivity contribution < 1.29 is 22.7 Å². The molecule has 2 aromatic heterocycles. The maximum Gasteiger partial charge on any atom is 0.257 e. The quantitative estimate of drug-likeness (QED) is 0.602. The number of morpholine rings is 1. The van der Waals surface area contributed by atoms with Gasteiger partial charge in [-0.05, 0) is 30.3 Å². The van der Waals surface area contributed by atoms with Crippen LogP contribution >= 0.6 is 11.3 Å². The molecular formula is C20H20N4O5S2. The third kappa shape index (κ3) is 4.59. The van der Waals surface area contributed by atoms with Crippen molar-refractivity contribution in [3.05, 3.63) is 53.5 Å². The lowest BCUT2D eigenvalue weighted by Crippen LogP contribution is -2.40. The Morgan fingerprint density at radius 3 is 2.71 bits per heavy atom. The first-order valence-corrected chi connectivity index (χ1v) is 11.8. The molecule has 11 heteroatoms. The first-order valence-electron chi connectivity index (χ1n) is 9.43. The van der Waals surface area contributed by atoms with Gasteiger partial charge in [-0.1, -0.05) is 6.07 Å². The van der Waals surface area contributed by atoms with E-state index in [1.165, 1.54) is 41.0 Å². The molecule has 1 fully saturated rings. The van der Waals surface area contributed by atoms with Crippen molar-refractivity contribution in [1.29, 1.82) is 0 Å². The SMILES string of the molecule is COc1ccc(C(=O)Nc2nc(-c3ccccn3)cs2)cc1S(=O)(=O)N1CCOCC1. The Kier molecular flexibility index (Phi) is 6.28. The second kappa shape index (κ2) is 9.10. The summed E-state index contributed by atoms with van der Waals surface area (Å²) in [5.41, 5.74) is 1.52. The summed E-state index contributed by atoms with van der Waals surface area (Å²) in [7, 11) is -2.45. The number of methoxy groups -OCH3 is 1. The second-order valence-electron chi connectivity index (χ2n) is 6.59. The lowest BCUT2D eigenvalue weighted by atomic mass is 10.2. The number of benzene rings is 1. The average Bonchev–Trinajstić information content (AvgIpc) is 3.28. The number of anilines is 1.